The maximum absolute atomic E-state index is 11.1. The quantitative estimate of drug-likeness (QED) is 0.914. The number of rotatable bonds is 4. The van der Waals surface area contributed by atoms with E-state index < -0.39 is 11.6 Å². The standard InChI is InChI=1S/C15H22N2O3/c1-5-15(3,20-4)14-16-9(2)11-8-10(13(18)19)6-7-12(11)17-14/h10H,5-8H2,1-4H3,(H,18,19). The first-order chi connectivity index (χ1) is 9.41. The summed E-state index contributed by atoms with van der Waals surface area (Å²) < 4.78 is 5.56. The molecule has 5 heteroatoms. The highest BCUT2D eigenvalue weighted by molar-refractivity contribution is 5.71. The van der Waals surface area contributed by atoms with Gasteiger partial charge in [-0.1, -0.05) is 6.92 Å². The summed E-state index contributed by atoms with van der Waals surface area (Å²) in [5.41, 5.74) is 2.39. The summed E-state index contributed by atoms with van der Waals surface area (Å²) in [6.07, 6.45) is 2.67. The largest absolute Gasteiger partial charge is 0.481 e. The number of aromatic nitrogens is 2. The Morgan fingerprint density at radius 2 is 2.20 bits per heavy atom. The van der Waals surface area contributed by atoms with Crippen LogP contribution >= 0.6 is 0 Å². The Morgan fingerprint density at radius 1 is 1.50 bits per heavy atom. The minimum atomic E-state index is -0.727. The van der Waals surface area contributed by atoms with Crippen molar-refractivity contribution in [3.05, 3.63) is 22.8 Å². The van der Waals surface area contributed by atoms with E-state index in [1.807, 2.05) is 20.8 Å². The van der Waals surface area contributed by atoms with Gasteiger partial charge in [-0.2, -0.15) is 0 Å². The Balaban J connectivity index is 2.41. The van der Waals surface area contributed by atoms with Crippen LogP contribution in [0.2, 0.25) is 0 Å². The molecule has 0 spiro atoms. The van der Waals surface area contributed by atoms with Gasteiger partial charge in [0.1, 0.15) is 5.60 Å². The van der Waals surface area contributed by atoms with E-state index in [0.29, 0.717) is 25.1 Å². The van der Waals surface area contributed by atoms with Crippen LogP contribution in [0, 0.1) is 12.8 Å². The molecule has 20 heavy (non-hydrogen) atoms. The molecule has 2 rings (SSSR count). The van der Waals surface area contributed by atoms with Gasteiger partial charge in [-0.05, 0) is 45.1 Å². The van der Waals surface area contributed by atoms with Crippen LogP contribution < -0.4 is 0 Å². The molecule has 1 aliphatic rings. The van der Waals surface area contributed by atoms with Gasteiger partial charge in [0.2, 0.25) is 0 Å². The molecule has 2 unspecified atom stereocenters. The van der Waals surface area contributed by atoms with E-state index in [-0.39, 0.29) is 5.92 Å². The fourth-order valence-electron chi connectivity index (χ4n) is 2.63. The van der Waals surface area contributed by atoms with E-state index >= 15 is 0 Å². The molecule has 2 atom stereocenters. The molecule has 1 N–H and O–H groups in total. The molecule has 0 saturated carbocycles. The Bertz CT molecular complexity index is 524. The highest BCUT2D eigenvalue weighted by atomic mass is 16.5. The molecule has 0 radical (unpaired) electrons. The van der Waals surface area contributed by atoms with Crippen molar-refractivity contribution in [3.63, 3.8) is 0 Å². The number of carboxylic acids is 1. The van der Waals surface area contributed by atoms with Gasteiger partial charge in [0.05, 0.1) is 5.92 Å². The second-order valence-corrected chi connectivity index (χ2v) is 5.62. The van der Waals surface area contributed by atoms with Crippen LogP contribution in [0.1, 0.15) is 49.5 Å². The Labute approximate surface area is 119 Å². The predicted octanol–water partition coefficient (Wildman–Crippen LogP) is 2.25. The van der Waals surface area contributed by atoms with Crippen LogP contribution in [-0.4, -0.2) is 28.2 Å². The minimum absolute atomic E-state index is 0.310. The molecule has 1 aromatic rings. The lowest BCUT2D eigenvalue weighted by molar-refractivity contribution is -0.142. The smallest absolute Gasteiger partial charge is 0.306 e. The zero-order valence-corrected chi connectivity index (χ0v) is 12.6. The third-order valence-corrected chi connectivity index (χ3v) is 4.43. The Kier molecular flexibility index (Phi) is 4.09. The monoisotopic (exact) mass is 278 g/mol. The third-order valence-electron chi connectivity index (χ3n) is 4.43. The molecule has 0 bridgehead atoms. The van der Waals surface area contributed by atoms with E-state index in [4.69, 9.17) is 9.84 Å². The van der Waals surface area contributed by atoms with E-state index in [1.54, 1.807) is 7.11 Å². The van der Waals surface area contributed by atoms with Gasteiger partial charge in [0, 0.05) is 18.5 Å². The van der Waals surface area contributed by atoms with Crippen molar-refractivity contribution >= 4 is 5.97 Å². The molecular weight excluding hydrogens is 256 g/mol. The fourth-order valence-corrected chi connectivity index (χ4v) is 2.63. The number of hydrogen-bond donors (Lipinski definition) is 1. The summed E-state index contributed by atoms with van der Waals surface area (Å²) in [6, 6.07) is 0. The number of carboxylic acid groups (broad SMARTS) is 1. The van der Waals surface area contributed by atoms with Crippen molar-refractivity contribution in [1.29, 1.82) is 0 Å². The number of nitrogens with zero attached hydrogens (tertiary/aromatic N) is 2. The molecule has 0 aromatic carbocycles. The lowest BCUT2D eigenvalue weighted by Gasteiger charge is -2.28. The highest BCUT2D eigenvalue weighted by Gasteiger charge is 2.32. The fraction of sp³-hybridized carbons (Fsp3) is 0.667. The van der Waals surface area contributed by atoms with Crippen molar-refractivity contribution in [1.82, 2.24) is 9.97 Å². The molecule has 1 aliphatic carbocycles. The van der Waals surface area contributed by atoms with Crippen molar-refractivity contribution in [3.8, 4) is 0 Å². The van der Waals surface area contributed by atoms with E-state index in [2.05, 4.69) is 9.97 Å². The lowest BCUT2D eigenvalue weighted by Crippen LogP contribution is -2.30. The van der Waals surface area contributed by atoms with Crippen molar-refractivity contribution in [2.24, 2.45) is 5.92 Å². The second kappa shape index (κ2) is 5.48. The van der Waals surface area contributed by atoms with Gasteiger partial charge in [-0.3, -0.25) is 4.79 Å². The van der Waals surface area contributed by atoms with Gasteiger partial charge in [0.25, 0.3) is 0 Å². The van der Waals surface area contributed by atoms with Crippen molar-refractivity contribution < 1.29 is 14.6 Å². The molecule has 0 amide bonds. The Morgan fingerprint density at radius 3 is 2.75 bits per heavy atom. The van der Waals surface area contributed by atoms with Crippen LogP contribution in [-0.2, 0) is 28.0 Å². The normalized spacial score (nSPS) is 21.1. The molecule has 1 aromatic heterocycles. The van der Waals surface area contributed by atoms with Crippen LogP contribution in [0.5, 0.6) is 0 Å². The summed E-state index contributed by atoms with van der Waals surface area (Å²) >= 11 is 0. The molecular formula is C15H22N2O3. The number of carbonyl (C=O) groups is 1. The lowest BCUT2D eigenvalue weighted by atomic mass is 9.85. The maximum atomic E-state index is 11.1. The number of ether oxygens (including phenoxy) is 1. The van der Waals surface area contributed by atoms with Crippen molar-refractivity contribution in [2.45, 2.75) is 52.1 Å². The summed E-state index contributed by atoms with van der Waals surface area (Å²) in [6.45, 7) is 5.96. The number of aliphatic carboxylic acids is 1. The molecule has 5 nitrogen and oxygen atoms in total. The molecule has 110 valence electrons. The average molecular weight is 278 g/mol. The number of hydrogen-bond acceptors (Lipinski definition) is 4. The maximum Gasteiger partial charge on any atom is 0.306 e. The van der Waals surface area contributed by atoms with Crippen LogP contribution in [0.4, 0.5) is 0 Å². The number of methoxy groups -OCH3 is 1. The first-order valence-corrected chi connectivity index (χ1v) is 7.06. The van der Waals surface area contributed by atoms with Crippen LogP contribution in [0.3, 0.4) is 0 Å². The topological polar surface area (TPSA) is 72.3 Å². The first-order valence-electron chi connectivity index (χ1n) is 7.06. The molecule has 1 heterocycles. The predicted molar refractivity (Wildman–Crippen MR) is 74.6 cm³/mol. The molecule has 0 fully saturated rings. The molecule has 0 aliphatic heterocycles. The van der Waals surface area contributed by atoms with Crippen LogP contribution in [0.15, 0.2) is 0 Å². The SMILES string of the molecule is CCC(C)(OC)c1nc(C)c2c(n1)CCC(C(=O)O)C2. The van der Waals surface area contributed by atoms with Gasteiger partial charge < -0.3 is 9.84 Å². The zero-order valence-electron chi connectivity index (χ0n) is 12.6. The summed E-state index contributed by atoms with van der Waals surface area (Å²) in [7, 11) is 1.67. The van der Waals surface area contributed by atoms with E-state index in [9.17, 15) is 4.79 Å². The minimum Gasteiger partial charge on any atom is -0.481 e. The van der Waals surface area contributed by atoms with Gasteiger partial charge in [-0.15, -0.1) is 0 Å². The van der Waals surface area contributed by atoms with Gasteiger partial charge in [-0.25, -0.2) is 9.97 Å². The van der Waals surface area contributed by atoms with Crippen molar-refractivity contribution in [2.75, 3.05) is 7.11 Å². The van der Waals surface area contributed by atoms with E-state index in [0.717, 1.165) is 23.4 Å². The second-order valence-electron chi connectivity index (χ2n) is 5.62. The number of aryl methyl sites for hydroxylation is 2. The average Bonchev–Trinajstić information content (AvgIpc) is 2.45. The number of fused-ring (bicyclic) bond motifs is 1. The molecule has 0 saturated heterocycles. The summed E-state index contributed by atoms with van der Waals surface area (Å²) in [4.78, 5) is 20.4. The third kappa shape index (κ3) is 2.54. The zero-order chi connectivity index (χ0) is 14.9. The summed E-state index contributed by atoms with van der Waals surface area (Å²) in [5, 5.41) is 9.15. The highest BCUT2D eigenvalue weighted by Crippen LogP contribution is 2.31. The van der Waals surface area contributed by atoms with Gasteiger partial charge >= 0.3 is 5.97 Å². The Hall–Kier alpha value is -1.49. The van der Waals surface area contributed by atoms with E-state index in [1.165, 1.54) is 0 Å². The summed E-state index contributed by atoms with van der Waals surface area (Å²) in [5.74, 6) is -0.336. The van der Waals surface area contributed by atoms with Crippen LogP contribution in [0.25, 0.3) is 0 Å². The first kappa shape index (κ1) is 14.9. The van der Waals surface area contributed by atoms with Gasteiger partial charge in [0.15, 0.2) is 5.82 Å².